The van der Waals surface area contributed by atoms with Crippen molar-refractivity contribution in [3.8, 4) is 0 Å². The van der Waals surface area contributed by atoms with Crippen LogP contribution in [0.1, 0.15) is 90.3 Å². The van der Waals surface area contributed by atoms with Crippen LogP contribution < -0.4 is 0 Å². The first-order valence-corrected chi connectivity index (χ1v) is 43.9. The topological polar surface area (TPSA) is 196 Å². The zero-order chi connectivity index (χ0) is 83.8. The molecular weight excluding hydrogens is 1570 g/mol. The molecule has 0 bridgehead atoms. The Balaban J connectivity index is 0.786. The zero-order valence-corrected chi connectivity index (χ0v) is 70.8. The Bertz CT molecular complexity index is 4590. The summed E-state index contributed by atoms with van der Waals surface area (Å²) in [4.78, 5) is 0. The molecule has 21 heteroatoms. The minimum Gasteiger partial charge on any atom is -0.388 e. The lowest BCUT2D eigenvalue weighted by atomic mass is 9.95. The van der Waals surface area contributed by atoms with E-state index in [0.717, 1.165) is 55.6 Å². The van der Waals surface area contributed by atoms with Gasteiger partial charge in [-0.1, -0.05) is 303 Å². The smallest absolute Gasteiger partial charge is 0.187 e. The van der Waals surface area contributed by atoms with Gasteiger partial charge in [0, 0.05) is 0 Å². The maximum Gasteiger partial charge on any atom is 0.187 e. The van der Waals surface area contributed by atoms with E-state index in [4.69, 9.17) is 90.0 Å². The summed E-state index contributed by atoms with van der Waals surface area (Å²) in [6.45, 7) is 11.3. The molecule has 5 aliphatic rings. The largest absolute Gasteiger partial charge is 0.388 e. The van der Waals surface area contributed by atoms with Crippen LogP contribution >= 0.6 is 11.8 Å². The first-order valence-electron chi connectivity index (χ1n) is 42.6. The quantitative estimate of drug-likeness (QED) is 0.0381. The third-order valence-electron chi connectivity index (χ3n) is 22.9. The molecule has 0 radical (unpaired) electrons. The van der Waals surface area contributed by atoms with Crippen LogP contribution in [0.25, 0.3) is 0 Å². The highest BCUT2D eigenvalue weighted by Gasteiger charge is 2.59. The van der Waals surface area contributed by atoms with Crippen molar-refractivity contribution in [1.82, 2.24) is 0 Å². The standard InChI is InChI=1S/C101H114O20S/c1-67-82(102)87(103-57-72-37-17-7-18-38-72)92(108-62-77-47-27-12-28-48-77)97(113-67)118-83-68(2)114-98(93(109-63-78-49-29-13-30-50-78)88(83)104-58-73-39-19-8-20-40-73)119-84-69(3)115-99(94(110-64-79-51-31-14-32-52-79)89(84)105-59-74-41-21-9-22-42-74)120-85-70(4)116-100(95(111-65-80-53-33-15-34-54-80)90(85)106-60-75-43-23-10-24-44-75)121-86-71(5)117-101(122-6)96(112-66-81-55-35-16-36-56-81)91(86)107-61-76-45-25-11-26-46-76/h7-56,67-71,82-102H,57-66H2,1-6H3/t67-,68-,69-,70-,71-,82-,83-,84-,85-,86-,87+,88+,89+,90+,91+,92+,93+,94+,95+,96+,97-,98-,99-,100-,101-/m0/s1. The van der Waals surface area contributed by atoms with Gasteiger partial charge in [-0.2, -0.15) is 0 Å². The van der Waals surface area contributed by atoms with Crippen LogP contribution in [0.3, 0.4) is 0 Å². The third-order valence-corrected chi connectivity index (χ3v) is 23.8. The van der Waals surface area contributed by atoms with Crippen molar-refractivity contribution >= 4 is 11.8 Å². The molecule has 0 aliphatic carbocycles. The summed E-state index contributed by atoms with van der Waals surface area (Å²) in [5, 5.41) is 12.2. The molecule has 5 fully saturated rings. The van der Waals surface area contributed by atoms with E-state index < -0.39 is 153 Å². The van der Waals surface area contributed by atoms with E-state index in [2.05, 4.69) is 0 Å². The van der Waals surface area contributed by atoms with Gasteiger partial charge in [-0.05, 0) is 96.5 Å². The first-order chi connectivity index (χ1) is 59.9. The summed E-state index contributed by atoms with van der Waals surface area (Å²) >= 11 is 1.56. The molecule has 10 aromatic rings. The lowest BCUT2D eigenvalue weighted by Crippen LogP contribution is -2.67. The molecule has 20 nitrogen and oxygen atoms in total. The number of ether oxygens (including phenoxy) is 19. The lowest BCUT2D eigenvalue weighted by molar-refractivity contribution is -0.398. The molecule has 0 spiro atoms. The minimum atomic E-state index is -1.22. The molecule has 5 heterocycles. The summed E-state index contributed by atoms with van der Waals surface area (Å²) in [5.41, 5.74) is 8.78. The van der Waals surface area contributed by atoms with E-state index >= 15 is 0 Å². The number of hydrogen-bond acceptors (Lipinski definition) is 21. The Morgan fingerprint density at radius 1 is 0.205 bits per heavy atom. The molecule has 5 aliphatic heterocycles. The number of aliphatic hydroxyl groups excluding tert-OH is 1. The molecule has 1 N–H and O–H groups in total. The average molecular weight is 1680 g/mol. The number of thioether (sulfide) groups is 1. The van der Waals surface area contributed by atoms with Gasteiger partial charge in [0.2, 0.25) is 0 Å². The van der Waals surface area contributed by atoms with Gasteiger partial charge in [0.25, 0.3) is 0 Å². The van der Waals surface area contributed by atoms with Crippen molar-refractivity contribution in [3.63, 3.8) is 0 Å². The van der Waals surface area contributed by atoms with Gasteiger partial charge >= 0.3 is 0 Å². The van der Waals surface area contributed by atoms with Crippen molar-refractivity contribution in [3.05, 3.63) is 359 Å². The van der Waals surface area contributed by atoms with Crippen molar-refractivity contribution in [2.24, 2.45) is 0 Å². The molecule has 122 heavy (non-hydrogen) atoms. The van der Waals surface area contributed by atoms with Gasteiger partial charge in [-0.3, -0.25) is 0 Å². The summed E-state index contributed by atoms with van der Waals surface area (Å²) in [7, 11) is 0. The monoisotopic (exact) mass is 1680 g/mol. The van der Waals surface area contributed by atoms with E-state index in [-0.39, 0.29) is 59.5 Å². The summed E-state index contributed by atoms with van der Waals surface area (Å²) in [6.07, 6.45) is -20.5. The number of aliphatic hydroxyl groups is 1. The predicted octanol–water partition coefficient (Wildman–Crippen LogP) is 16.8. The number of hydrogen-bond donors (Lipinski definition) is 1. The maximum atomic E-state index is 12.2. The third kappa shape index (κ3) is 23.8. The van der Waals surface area contributed by atoms with E-state index in [1.165, 1.54) is 0 Å². The predicted molar refractivity (Wildman–Crippen MR) is 461 cm³/mol. The van der Waals surface area contributed by atoms with Gasteiger partial charge in [-0.25, -0.2) is 0 Å². The van der Waals surface area contributed by atoms with Crippen LogP contribution in [0.15, 0.2) is 303 Å². The summed E-state index contributed by atoms with van der Waals surface area (Å²) in [6, 6.07) is 99.7. The molecule has 5 saturated heterocycles. The average Bonchev–Trinajstić information content (AvgIpc) is 0.743. The molecule has 0 unspecified atom stereocenters. The van der Waals surface area contributed by atoms with Crippen LogP contribution in [0.5, 0.6) is 0 Å². The molecule has 0 aromatic heterocycles. The van der Waals surface area contributed by atoms with Crippen LogP contribution in [-0.4, -0.2) is 164 Å². The second kappa shape index (κ2) is 45.1. The Labute approximate surface area is 721 Å². The van der Waals surface area contributed by atoms with E-state index in [1.54, 1.807) is 18.7 Å². The first kappa shape index (κ1) is 88.6. The molecule has 0 saturated carbocycles. The van der Waals surface area contributed by atoms with Gasteiger partial charge in [0.1, 0.15) is 97.0 Å². The molecule has 644 valence electrons. The number of rotatable bonds is 39. The van der Waals surface area contributed by atoms with Crippen molar-refractivity contribution < 1.29 is 95.1 Å². The van der Waals surface area contributed by atoms with Crippen molar-refractivity contribution in [2.75, 3.05) is 6.26 Å². The fourth-order valence-corrected chi connectivity index (χ4v) is 17.2. The highest BCUT2D eigenvalue weighted by molar-refractivity contribution is 7.99. The lowest BCUT2D eigenvalue weighted by Gasteiger charge is -2.52. The van der Waals surface area contributed by atoms with Crippen LogP contribution in [0.2, 0.25) is 0 Å². The highest BCUT2D eigenvalue weighted by Crippen LogP contribution is 2.43. The maximum absolute atomic E-state index is 12.2. The highest BCUT2D eigenvalue weighted by atomic mass is 32.2. The Kier molecular flexibility index (Phi) is 32.7. The van der Waals surface area contributed by atoms with E-state index in [1.807, 2.05) is 337 Å². The molecule has 25 atom stereocenters. The van der Waals surface area contributed by atoms with Crippen LogP contribution in [0.4, 0.5) is 0 Å². The fraction of sp³-hybridized carbons (Fsp3) is 0.406. The SMILES string of the molecule is CS[C@@H]1O[C@@H](C)[C@H](O[C@@H]2O[C@@H](C)[C@H](O[C@@H]3O[C@@H](C)[C@H](O[C@@H]4O[C@@H](C)[C@H](O[C@@H]5O[C@@H](C)[C@H](O)[C@@H](OCc6ccccc6)[C@H]5OCc5ccccc5)[C@@H](OCc5ccccc5)[C@H]4OCc4ccccc4)[C@@H](OCc4ccccc4)[C@H]3OCc3ccccc3)[C@@H](OCc3ccccc3)[C@H]2OCc2ccccc2)[C@@H](OCc2ccccc2)[C@H]1OCc1ccccc1. The van der Waals surface area contributed by atoms with Crippen LogP contribution in [-0.2, 0) is 156 Å². The van der Waals surface area contributed by atoms with Crippen molar-refractivity contribution in [1.29, 1.82) is 0 Å². The second-order valence-electron chi connectivity index (χ2n) is 31.8. The van der Waals surface area contributed by atoms with Crippen LogP contribution in [0, 0.1) is 0 Å². The molecule has 0 amide bonds. The van der Waals surface area contributed by atoms with Crippen molar-refractivity contribution in [2.45, 2.75) is 253 Å². The normalized spacial score (nSPS) is 30.5. The molecular formula is C101H114O20S. The van der Waals surface area contributed by atoms with E-state index in [9.17, 15) is 5.11 Å². The van der Waals surface area contributed by atoms with Gasteiger partial charge in [-0.15, -0.1) is 11.8 Å². The van der Waals surface area contributed by atoms with Gasteiger partial charge < -0.3 is 95.1 Å². The summed E-state index contributed by atoms with van der Waals surface area (Å²) in [5.74, 6) is 0. The van der Waals surface area contributed by atoms with Gasteiger partial charge in [0.15, 0.2) is 25.2 Å². The number of benzene rings is 10. The van der Waals surface area contributed by atoms with Gasteiger partial charge in [0.05, 0.1) is 96.6 Å². The Morgan fingerprint density at radius 2 is 0.369 bits per heavy atom. The molecule has 10 aromatic carbocycles. The second-order valence-corrected chi connectivity index (χ2v) is 32.7. The summed E-state index contributed by atoms with van der Waals surface area (Å²) < 4.78 is 138. The molecule has 15 rings (SSSR count). The van der Waals surface area contributed by atoms with E-state index in [0.29, 0.717) is 6.61 Å². The zero-order valence-electron chi connectivity index (χ0n) is 70.0. The fourth-order valence-electron chi connectivity index (χ4n) is 16.4. The Morgan fingerprint density at radius 3 is 0.582 bits per heavy atom. The minimum absolute atomic E-state index is 0.105. The Hall–Kier alpha value is -8.25.